The van der Waals surface area contributed by atoms with Gasteiger partial charge >= 0.3 is 0 Å². The molecule has 0 aliphatic heterocycles. The number of hydrogen-bond acceptors (Lipinski definition) is 3. The van der Waals surface area contributed by atoms with Crippen LogP contribution in [0.15, 0.2) is 48.7 Å². The van der Waals surface area contributed by atoms with E-state index < -0.39 is 0 Å². The normalized spacial score (nSPS) is 10.3. The first-order valence-corrected chi connectivity index (χ1v) is 5.19. The molecule has 0 aliphatic rings. The van der Waals surface area contributed by atoms with Gasteiger partial charge < -0.3 is 0 Å². The van der Waals surface area contributed by atoms with Crippen molar-refractivity contribution in [2.24, 2.45) is 0 Å². The molecule has 0 unspecified atom stereocenters. The molecular formula is C13H8N4. The molecule has 1 aromatic carbocycles. The van der Waals surface area contributed by atoms with Gasteiger partial charge in [-0.1, -0.05) is 24.3 Å². The molecular weight excluding hydrogens is 212 g/mol. The lowest BCUT2D eigenvalue weighted by Gasteiger charge is -2.02. The molecule has 4 heteroatoms. The molecule has 80 valence electrons. The lowest BCUT2D eigenvalue weighted by molar-refractivity contribution is 0.872. The number of benzene rings is 1. The fourth-order valence-corrected chi connectivity index (χ4v) is 1.76. The Morgan fingerprint density at radius 2 is 1.94 bits per heavy atom. The third kappa shape index (κ3) is 1.54. The zero-order valence-corrected chi connectivity index (χ0v) is 8.91. The number of fused-ring (bicyclic) bond motifs is 1. The minimum atomic E-state index is 0.391. The summed E-state index contributed by atoms with van der Waals surface area (Å²) in [6.45, 7) is 0. The number of aromatic nitrogens is 3. The van der Waals surface area contributed by atoms with Gasteiger partial charge in [0, 0.05) is 5.39 Å². The summed E-state index contributed by atoms with van der Waals surface area (Å²) >= 11 is 0. The van der Waals surface area contributed by atoms with E-state index in [1.807, 2.05) is 36.4 Å². The van der Waals surface area contributed by atoms with Crippen molar-refractivity contribution in [2.45, 2.75) is 0 Å². The number of nitriles is 1. The van der Waals surface area contributed by atoms with E-state index in [-0.39, 0.29) is 0 Å². The molecule has 0 saturated carbocycles. The van der Waals surface area contributed by atoms with Gasteiger partial charge in [0.05, 0.1) is 11.7 Å². The number of rotatable bonds is 1. The van der Waals surface area contributed by atoms with Crippen LogP contribution in [0.5, 0.6) is 0 Å². The molecule has 0 spiro atoms. The van der Waals surface area contributed by atoms with Gasteiger partial charge in [0.25, 0.3) is 0 Å². The first-order chi connectivity index (χ1) is 8.38. The Bertz CT molecular complexity index is 721. The minimum absolute atomic E-state index is 0.391. The van der Waals surface area contributed by atoms with Gasteiger partial charge in [-0.25, -0.2) is 9.67 Å². The first kappa shape index (κ1) is 9.55. The fourth-order valence-electron chi connectivity index (χ4n) is 1.76. The summed E-state index contributed by atoms with van der Waals surface area (Å²) in [4.78, 5) is 4.22. The molecule has 0 saturated heterocycles. The monoisotopic (exact) mass is 220 g/mol. The van der Waals surface area contributed by atoms with E-state index in [9.17, 15) is 0 Å². The molecule has 2 aromatic heterocycles. The molecule has 3 rings (SSSR count). The maximum atomic E-state index is 8.83. The lowest BCUT2D eigenvalue weighted by atomic mass is 10.2. The molecule has 4 nitrogen and oxygen atoms in total. The second-order valence-electron chi connectivity index (χ2n) is 3.61. The highest BCUT2D eigenvalue weighted by atomic mass is 15.3. The molecule has 0 aliphatic carbocycles. The summed E-state index contributed by atoms with van der Waals surface area (Å²) in [6.07, 6.45) is 1.79. The summed E-state index contributed by atoms with van der Waals surface area (Å²) in [5.74, 6) is 0.658. The van der Waals surface area contributed by atoms with E-state index in [0.717, 1.165) is 10.9 Å². The quantitative estimate of drug-likeness (QED) is 0.632. The molecule has 3 aromatic rings. The topological polar surface area (TPSA) is 54.5 Å². The summed E-state index contributed by atoms with van der Waals surface area (Å²) in [6, 6.07) is 15.2. The van der Waals surface area contributed by atoms with Crippen LogP contribution in [0.2, 0.25) is 0 Å². The third-order valence-electron chi connectivity index (χ3n) is 2.54. The Labute approximate surface area is 97.8 Å². The Morgan fingerprint density at radius 3 is 2.82 bits per heavy atom. The summed E-state index contributed by atoms with van der Waals surface area (Å²) in [7, 11) is 0. The van der Waals surface area contributed by atoms with Crippen LogP contribution in [0.3, 0.4) is 0 Å². The van der Waals surface area contributed by atoms with E-state index in [2.05, 4.69) is 10.1 Å². The smallest absolute Gasteiger partial charge is 0.155 e. The number of pyridine rings is 1. The Morgan fingerprint density at radius 1 is 1.06 bits per heavy atom. The second-order valence-corrected chi connectivity index (χ2v) is 3.61. The summed E-state index contributed by atoms with van der Waals surface area (Å²) in [5, 5.41) is 14.2. The standard InChI is InChI=1S/C13H8N4/c14-8-11-5-3-7-13(16-11)17-12-6-2-1-4-10(12)9-15-17/h1-7,9H. The third-order valence-corrected chi connectivity index (χ3v) is 2.54. The first-order valence-electron chi connectivity index (χ1n) is 5.19. The molecule has 0 amide bonds. The van der Waals surface area contributed by atoms with E-state index in [0.29, 0.717) is 11.5 Å². The van der Waals surface area contributed by atoms with Crippen LogP contribution in [0.25, 0.3) is 16.7 Å². The Balaban J connectivity index is 2.24. The zero-order chi connectivity index (χ0) is 11.7. The predicted molar refractivity (Wildman–Crippen MR) is 63.6 cm³/mol. The van der Waals surface area contributed by atoms with Crippen molar-refractivity contribution < 1.29 is 0 Å². The van der Waals surface area contributed by atoms with Gasteiger partial charge in [-0.05, 0) is 18.2 Å². The molecule has 0 atom stereocenters. The number of nitrogens with zero attached hydrogens (tertiary/aromatic N) is 4. The number of para-hydroxylation sites is 1. The SMILES string of the molecule is N#Cc1cccc(-n2ncc3ccccc32)n1. The summed E-state index contributed by atoms with van der Waals surface area (Å²) < 4.78 is 1.73. The molecule has 0 fully saturated rings. The zero-order valence-electron chi connectivity index (χ0n) is 8.91. The maximum Gasteiger partial charge on any atom is 0.155 e. The van der Waals surface area contributed by atoms with Crippen LogP contribution in [0.4, 0.5) is 0 Å². The average molecular weight is 220 g/mol. The van der Waals surface area contributed by atoms with Crippen molar-refractivity contribution in [2.75, 3.05) is 0 Å². The van der Waals surface area contributed by atoms with Crippen LogP contribution < -0.4 is 0 Å². The van der Waals surface area contributed by atoms with Gasteiger partial charge in [-0.2, -0.15) is 10.4 Å². The van der Waals surface area contributed by atoms with E-state index in [4.69, 9.17) is 5.26 Å². The van der Waals surface area contributed by atoms with Crippen LogP contribution in [-0.2, 0) is 0 Å². The highest BCUT2D eigenvalue weighted by molar-refractivity contribution is 5.79. The highest BCUT2D eigenvalue weighted by Gasteiger charge is 2.05. The van der Waals surface area contributed by atoms with E-state index in [1.54, 1.807) is 23.0 Å². The van der Waals surface area contributed by atoms with Gasteiger partial charge in [-0.15, -0.1) is 0 Å². The predicted octanol–water partition coefficient (Wildman–Crippen LogP) is 2.29. The number of hydrogen-bond donors (Lipinski definition) is 0. The van der Waals surface area contributed by atoms with Crippen molar-refractivity contribution in [3.8, 4) is 11.9 Å². The molecule has 0 radical (unpaired) electrons. The Hall–Kier alpha value is -2.67. The summed E-state index contributed by atoms with van der Waals surface area (Å²) in [5.41, 5.74) is 1.37. The Kier molecular flexibility index (Phi) is 2.09. The van der Waals surface area contributed by atoms with Gasteiger partial charge in [0.15, 0.2) is 5.82 Å². The van der Waals surface area contributed by atoms with E-state index in [1.165, 1.54) is 0 Å². The fraction of sp³-hybridized carbons (Fsp3) is 0. The van der Waals surface area contributed by atoms with Crippen molar-refractivity contribution in [1.82, 2.24) is 14.8 Å². The maximum absolute atomic E-state index is 8.83. The van der Waals surface area contributed by atoms with Crippen LogP contribution in [-0.4, -0.2) is 14.8 Å². The van der Waals surface area contributed by atoms with Crippen LogP contribution in [0.1, 0.15) is 5.69 Å². The largest absolute Gasteiger partial charge is 0.218 e. The van der Waals surface area contributed by atoms with Crippen molar-refractivity contribution in [3.63, 3.8) is 0 Å². The van der Waals surface area contributed by atoms with E-state index >= 15 is 0 Å². The molecule has 17 heavy (non-hydrogen) atoms. The molecule has 2 heterocycles. The van der Waals surface area contributed by atoms with Gasteiger partial charge in [-0.3, -0.25) is 0 Å². The van der Waals surface area contributed by atoms with Crippen LogP contribution >= 0.6 is 0 Å². The van der Waals surface area contributed by atoms with Crippen molar-refractivity contribution in [3.05, 3.63) is 54.4 Å². The minimum Gasteiger partial charge on any atom is -0.218 e. The highest BCUT2D eigenvalue weighted by Crippen LogP contribution is 2.16. The van der Waals surface area contributed by atoms with Crippen molar-refractivity contribution >= 4 is 10.9 Å². The molecule has 0 N–H and O–H groups in total. The average Bonchev–Trinajstić information content (AvgIpc) is 2.82. The lowest BCUT2D eigenvalue weighted by Crippen LogP contribution is -1.99. The second kappa shape index (κ2) is 3.72. The van der Waals surface area contributed by atoms with Crippen molar-refractivity contribution in [1.29, 1.82) is 5.26 Å². The van der Waals surface area contributed by atoms with Crippen LogP contribution in [0, 0.1) is 11.3 Å². The molecule has 0 bridgehead atoms. The van der Waals surface area contributed by atoms with Gasteiger partial charge in [0.2, 0.25) is 0 Å². The van der Waals surface area contributed by atoms with Gasteiger partial charge in [0.1, 0.15) is 11.8 Å².